The van der Waals surface area contributed by atoms with Crippen molar-refractivity contribution in [3.8, 4) is 5.75 Å². The molecule has 1 aromatic heterocycles. The minimum Gasteiger partial charge on any atom is -0.496 e. The van der Waals surface area contributed by atoms with Crippen LogP contribution in [0.1, 0.15) is 34.3 Å². The number of aromatic nitrogens is 1. The highest BCUT2D eigenvalue weighted by Gasteiger charge is 2.21. The maximum absolute atomic E-state index is 5.67. The molecule has 1 heterocycles. The maximum Gasteiger partial charge on any atom is 0.191 e. The summed E-state index contributed by atoms with van der Waals surface area (Å²) >= 11 is 0. The summed E-state index contributed by atoms with van der Waals surface area (Å²) in [5.41, 5.74) is 6.72. The third-order valence-electron chi connectivity index (χ3n) is 3.32. The molecule has 102 valence electrons. The molecule has 0 saturated heterocycles. The molecule has 0 aliphatic heterocycles. The largest absolute Gasteiger partial charge is 0.496 e. The van der Waals surface area contributed by atoms with Gasteiger partial charge in [-0.25, -0.2) is 10.4 Å². The number of rotatable bonds is 4. The molecule has 0 aliphatic rings. The number of aryl methyl sites for hydroxylation is 2. The van der Waals surface area contributed by atoms with Crippen LogP contribution in [0.5, 0.6) is 5.75 Å². The van der Waals surface area contributed by atoms with Crippen molar-refractivity contribution in [3.05, 3.63) is 46.7 Å². The number of nitrogens with one attached hydrogen (secondary N) is 1. The average Bonchev–Trinajstić information content (AvgIpc) is 2.81. The minimum absolute atomic E-state index is 0.258. The highest BCUT2D eigenvalue weighted by Crippen LogP contribution is 2.33. The molecule has 5 nitrogen and oxygen atoms in total. The van der Waals surface area contributed by atoms with E-state index in [0.717, 1.165) is 22.6 Å². The smallest absolute Gasteiger partial charge is 0.191 e. The van der Waals surface area contributed by atoms with E-state index in [1.807, 2.05) is 26.0 Å². The van der Waals surface area contributed by atoms with Gasteiger partial charge < -0.3 is 9.15 Å². The standard InChI is InChI=1S/C14H19N3O2/c1-8-5-6-11(14(18-4)9(8)2)13(17-15)12-7-19-10(3)16-12/h5-7,13,17H,15H2,1-4H3. The Bertz CT molecular complexity index is 578. The maximum atomic E-state index is 5.67. The van der Waals surface area contributed by atoms with Crippen LogP contribution in [-0.2, 0) is 0 Å². The highest BCUT2D eigenvalue weighted by atomic mass is 16.5. The van der Waals surface area contributed by atoms with E-state index in [9.17, 15) is 0 Å². The second-order valence-electron chi connectivity index (χ2n) is 4.52. The number of methoxy groups -OCH3 is 1. The van der Waals surface area contributed by atoms with E-state index in [-0.39, 0.29) is 6.04 Å². The van der Waals surface area contributed by atoms with Crippen LogP contribution >= 0.6 is 0 Å². The summed E-state index contributed by atoms with van der Waals surface area (Å²) in [4.78, 5) is 4.32. The molecule has 2 rings (SSSR count). The number of hydrogen-bond donors (Lipinski definition) is 2. The third kappa shape index (κ3) is 2.47. The van der Waals surface area contributed by atoms with Gasteiger partial charge in [-0.15, -0.1) is 0 Å². The first kappa shape index (κ1) is 13.6. The van der Waals surface area contributed by atoms with Gasteiger partial charge in [0.25, 0.3) is 0 Å². The van der Waals surface area contributed by atoms with Gasteiger partial charge in [0.1, 0.15) is 17.7 Å². The Balaban J connectivity index is 2.52. The minimum atomic E-state index is -0.258. The molecule has 5 heteroatoms. The number of hydrazine groups is 1. The highest BCUT2D eigenvalue weighted by molar-refractivity contribution is 5.48. The topological polar surface area (TPSA) is 73.3 Å². The predicted octanol–water partition coefficient (Wildman–Crippen LogP) is 2.16. The fourth-order valence-corrected chi connectivity index (χ4v) is 2.16. The van der Waals surface area contributed by atoms with Gasteiger partial charge in [0.05, 0.1) is 13.2 Å². The van der Waals surface area contributed by atoms with Crippen molar-refractivity contribution in [2.45, 2.75) is 26.8 Å². The number of oxazole rings is 1. The molecular weight excluding hydrogens is 242 g/mol. The number of ether oxygens (including phenoxy) is 1. The fraction of sp³-hybridized carbons (Fsp3) is 0.357. The van der Waals surface area contributed by atoms with Crippen LogP contribution in [0.15, 0.2) is 22.8 Å². The van der Waals surface area contributed by atoms with Crippen molar-refractivity contribution in [1.29, 1.82) is 0 Å². The van der Waals surface area contributed by atoms with Crippen LogP contribution in [0.2, 0.25) is 0 Å². The quantitative estimate of drug-likeness (QED) is 0.651. The summed E-state index contributed by atoms with van der Waals surface area (Å²) in [6.07, 6.45) is 1.61. The molecular formula is C14H19N3O2. The molecule has 0 radical (unpaired) electrons. The third-order valence-corrected chi connectivity index (χ3v) is 3.32. The normalized spacial score (nSPS) is 12.5. The molecule has 1 aromatic carbocycles. The number of nitrogens with two attached hydrogens (primary N) is 1. The molecule has 0 aliphatic carbocycles. The number of nitrogens with zero attached hydrogens (tertiary/aromatic N) is 1. The average molecular weight is 261 g/mol. The van der Waals surface area contributed by atoms with Gasteiger partial charge in [0.2, 0.25) is 0 Å². The van der Waals surface area contributed by atoms with Gasteiger partial charge in [-0.05, 0) is 25.0 Å². The Kier molecular flexibility index (Phi) is 3.87. The van der Waals surface area contributed by atoms with Gasteiger partial charge in [-0.2, -0.15) is 0 Å². The van der Waals surface area contributed by atoms with E-state index >= 15 is 0 Å². The molecule has 0 amide bonds. The lowest BCUT2D eigenvalue weighted by Gasteiger charge is -2.19. The molecule has 0 fully saturated rings. The summed E-state index contributed by atoms with van der Waals surface area (Å²) in [6.45, 7) is 5.88. The van der Waals surface area contributed by atoms with E-state index in [1.54, 1.807) is 20.3 Å². The molecule has 0 spiro atoms. The van der Waals surface area contributed by atoms with Crippen molar-refractivity contribution >= 4 is 0 Å². The lowest BCUT2D eigenvalue weighted by atomic mass is 9.98. The first-order valence-corrected chi connectivity index (χ1v) is 6.10. The zero-order chi connectivity index (χ0) is 14.0. The van der Waals surface area contributed by atoms with Crippen molar-refractivity contribution in [1.82, 2.24) is 10.4 Å². The van der Waals surface area contributed by atoms with Crippen LogP contribution in [0.3, 0.4) is 0 Å². The monoisotopic (exact) mass is 261 g/mol. The molecule has 0 saturated carbocycles. The Morgan fingerprint density at radius 3 is 2.58 bits per heavy atom. The summed E-state index contributed by atoms with van der Waals surface area (Å²) < 4.78 is 10.8. The Morgan fingerprint density at radius 2 is 2.05 bits per heavy atom. The van der Waals surface area contributed by atoms with Crippen LogP contribution in [0.4, 0.5) is 0 Å². The predicted molar refractivity (Wildman–Crippen MR) is 72.9 cm³/mol. The van der Waals surface area contributed by atoms with E-state index < -0.39 is 0 Å². The van der Waals surface area contributed by atoms with E-state index in [0.29, 0.717) is 5.89 Å². The van der Waals surface area contributed by atoms with Crippen LogP contribution in [0, 0.1) is 20.8 Å². The van der Waals surface area contributed by atoms with Crippen LogP contribution in [0.25, 0.3) is 0 Å². The molecule has 3 N–H and O–H groups in total. The second-order valence-corrected chi connectivity index (χ2v) is 4.52. The summed E-state index contributed by atoms with van der Waals surface area (Å²) in [6, 6.07) is 3.78. The number of benzene rings is 1. The summed E-state index contributed by atoms with van der Waals surface area (Å²) in [5.74, 6) is 7.10. The second kappa shape index (κ2) is 5.42. The lowest BCUT2D eigenvalue weighted by Crippen LogP contribution is -2.29. The van der Waals surface area contributed by atoms with Gasteiger partial charge in [-0.3, -0.25) is 5.84 Å². The zero-order valence-corrected chi connectivity index (χ0v) is 11.7. The van der Waals surface area contributed by atoms with E-state index in [2.05, 4.69) is 10.4 Å². The van der Waals surface area contributed by atoms with Crippen LogP contribution in [-0.4, -0.2) is 12.1 Å². The molecule has 19 heavy (non-hydrogen) atoms. The van der Waals surface area contributed by atoms with Crippen molar-refractivity contribution < 1.29 is 9.15 Å². The van der Waals surface area contributed by atoms with Crippen molar-refractivity contribution in [2.75, 3.05) is 7.11 Å². The van der Waals surface area contributed by atoms with Gasteiger partial charge in [-0.1, -0.05) is 12.1 Å². The Labute approximate surface area is 112 Å². The van der Waals surface area contributed by atoms with E-state index in [1.165, 1.54) is 5.56 Å². The fourth-order valence-electron chi connectivity index (χ4n) is 2.16. The first-order chi connectivity index (χ1) is 9.08. The van der Waals surface area contributed by atoms with Crippen molar-refractivity contribution in [2.24, 2.45) is 5.84 Å². The lowest BCUT2D eigenvalue weighted by molar-refractivity contribution is 0.400. The molecule has 2 aromatic rings. The Morgan fingerprint density at radius 1 is 1.32 bits per heavy atom. The zero-order valence-electron chi connectivity index (χ0n) is 11.7. The SMILES string of the molecule is COc1c(C(NN)c2coc(C)n2)ccc(C)c1C. The summed E-state index contributed by atoms with van der Waals surface area (Å²) in [5, 5.41) is 0. The van der Waals surface area contributed by atoms with Crippen molar-refractivity contribution in [3.63, 3.8) is 0 Å². The number of hydrogen-bond acceptors (Lipinski definition) is 5. The van der Waals surface area contributed by atoms with Gasteiger partial charge in [0, 0.05) is 12.5 Å². The van der Waals surface area contributed by atoms with Gasteiger partial charge in [0.15, 0.2) is 5.89 Å². The van der Waals surface area contributed by atoms with Crippen LogP contribution < -0.4 is 16.0 Å². The molecule has 1 atom stereocenters. The van der Waals surface area contributed by atoms with Gasteiger partial charge >= 0.3 is 0 Å². The Hall–Kier alpha value is -1.85. The molecule has 0 bridgehead atoms. The summed E-state index contributed by atoms with van der Waals surface area (Å²) in [7, 11) is 1.66. The molecule has 1 unspecified atom stereocenters. The van der Waals surface area contributed by atoms with E-state index in [4.69, 9.17) is 15.0 Å². The first-order valence-electron chi connectivity index (χ1n) is 6.10.